The maximum atomic E-state index is 13.7. The number of aliphatic hydroxyl groups excluding tert-OH is 1. The Morgan fingerprint density at radius 3 is 2.37 bits per heavy atom. The summed E-state index contributed by atoms with van der Waals surface area (Å²) >= 11 is 0. The van der Waals surface area contributed by atoms with Crippen LogP contribution in [0, 0.1) is 22.7 Å². The van der Waals surface area contributed by atoms with Crippen LogP contribution in [0.25, 0.3) is 0 Å². The van der Waals surface area contributed by atoms with E-state index in [2.05, 4.69) is 0 Å². The molecule has 0 aromatic carbocycles. The first kappa shape index (κ1) is 26.8. The first-order chi connectivity index (χ1) is 17.6. The first-order valence-electron chi connectivity index (χ1n) is 14.0. The van der Waals surface area contributed by atoms with E-state index in [1.165, 1.54) is 14.0 Å². The van der Waals surface area contributed by atoms with Crippen LogP contribution in [0.4, 0.5) is 0 Å². The van der Waals surface area contributed by atoms with Crippen molar-refractivity contribution in [2.45, 2.75) is 126 Å². The quantitative estimate of drug-likeness (QED) is 0.313. The Morgan fingerprint density at radius 1 is 1.05 bits per heavy atom. The van der Waals surface area contributed by atoms with E-state index in [1.807, 2.05) is 20.8 Å². The van der Waals surface area contributed by atoms with Gasteiger partial charge in [0.25, 0.3) is 0 Å². The van der Waals surface area contributed by atoms with Crippen molar-refractivity contribution >= 4 is 11.8 Å². The molecule has 9 nitrogen and oxygen atoms in total. The highest BCUT2D eigenvalue weighted by Gasteiger charge is 2.85. The molecule has 6 rings (SSSR count). The second-order valence-corrected chi connectivity index (χ2v) is 13.7. The minimum absolute atomic E-state index is 0.0222. The smallest absolute Gasteiger partial charge is 0.334 e. The van der Waals surface area contributed by atoms with Crippen LogP contribution in [0.2, 0.25) is 0 Å². The van der Waals surface area contributed by atoms with Crippen molar-refractivity contribution in [2.75, 3.05) is 7.11 Å². The molecule has 5 fully saturated rings. The van der Waals surface area contributed by atoms with Gasteiger partial charge in [0.2, 0.25) is 0 Å². The van der Waals surface area contributed by atoms with Gasteiger partial charge in [-0.3, -0.25) is 4.79 Å². The van der Waals surface area contributed by atoms with Crippen LogP contribution in [-0.4, -0.2) is 86.1 Å². The zero-order chi connectivity index (χ0) is 27.8. The summed E-state index contributed by atoms with van der Waals surface area (Å²) in [5, 5.41) is 48.2. The van der Waals surface area contributed by atoms with E-state index in [1.54, 1.807) is 6.92 Å². The van der Waals surface area contributed by atoms with Crippen LogP contribution in [0.15, 0.2) is 11.1 Å². The van der Waals surface area contributed by atoms with Gasteiger partial charge < -0.3 is 34.6 Å². The Morgan fingerprint density at radius 2 is 1.74 bits per heavy atom. The Hall–Kier alpha value is -1.36. The third-order valence-corrected chi connectivity index (χ3v) is 12.8. The summed E-state index contributed by atoms with van der Waals surface area (Å²) in [5.41, 5.74) is -6.78. The van der Waals surface area contributed by atoms with Gasteiger partial charge in [0.05, 0.1) is 23.2 Å². The summed E-state index contributed by atoms with van der Waals surface area (Å²) in [5.74, 6) is -1.15. The third-order valence-electron chi connectivity index (χ3n) is 12.8. The number of esters is 1. The number of methoxy groups -OCH3 is 1. The Kier molecular flexibility index (Phi) is 5.42. The largest absolute Gasteiger partial charge is 0.455 e. The van der Waals surface area contributed by atoms with Crippen LogP contribution in [-0.2, 0) is 23.8 Å². The highest BCUT2D eigenvalue weighted by atomic mass is 16.6. The van der Waals surface area contributed by atoms with E-state index in [-0.39, 0.29) is 36.9 Å². The molecule has 0 amide bonds. The fourth-order valence-electron chi connectivity index (χ4n) is 9.97. The number of epoxide rings is 1. The topological polar surface area (TPSA) is 146 Å². The highest BCUT2D eigenvalue weighted by Crippen LogP contribution is 2.75. The Balaban J connectivity index is 1.37. The van der Waals surface area contributed by atoms with E-state index in [0.717, 1.165) is 5.57 Å². The van der Waals surface area contributed by atoms with Crippen molar-refractivity contribution in [2.24, 2.45) is 22.7 Å². The van der Waals surface area contributed by atoms with Gasteiger partial charge in [-0.1, -0.05) is 12.5 Å². The summed E-state index contributed by atoms with van der Waals surface area (Å²) in [6, 6.07) is 0. The maximum absolute atomic E-state index is 13.7. The number of Topliss-reactive ketones (excluding diaryl/α,β-unsaturated/α-hetero) is 1. The summed E-state index contributed by atoms with van der Waals surface area (Å²) in [4.78, 5) is 26.2. The molecule has 1 saturated heterocycles. The molecule has 212 valence electrons. The van der Waals surface area contributed by atoms with Crippen molar-refractivity contribution in [3.63, 3.8) is 0 Å². The molecule has 0 aromatic rings. The predicted octanol–water partition coefficient (Wildman–Crippen LogP) is 1.57. The standard InChI is InChI=1S/C29H42O9/c1-14-11-20(37-23(32)15(14)2)26(5,33)28(35)10-9-27(34)17-12-21-29(38-21)22(31)18(36-6)13-19(30)25(29,4)16(17)7-8-24(27,28)3/h16-18,20-22,31,33-35H,7-13H2,1-6H3/t16-,17+,18-,20+,21+,22-,24-,25-,26-,27-,28-,29-/m0/s1. The van der Waals surface area contributed by atoms with Crippen molar-refractivity contribution in [3.05, 3.63) is 11.1 Å². The van der Waals surface area contributed by atoms with E-state index in [9.17, 15) is 30.0 Å². The van der Waals surface area contributed by atoms with Crippen LogP contribution in [0.5, 0.6) is 0 Å². The molecule has 12 atom stereocenters. The van der Waals surface area contributed by atoms with Crippen LogP contribution in [0.1, 0.15) is 79.6 Å². The zero-order valence-corrected chi connectivity index (χ0v) is 23.2. The summed E-state index contributed by atoms with van der Waals surface area (Å²) < 4.78 is 17.3. The molecule has 0 aromatic heterocycles. The number of hydrogen-bond acceptors (Lipinski definition) is 9. The highest BCUT2D eigenvalue weighted by molar-refractivity contribution is 5.90. The van der Waals surface area contributed by atoms with Gasteiger partial charge in [-0.2, -0.15) is 0 Å². The number of carbonyl (C=O) groups excluding carboxylic acids is 2. The fourth-order valence-corrected chi connectivity index (χ4v) is 9.97. The van der Waals surface area contributed by atoms with Crippen LogP contribution in [0.3, 0.4) is 0 Å². The summed E-state index contributed by atoms with van der Waals surface area (Å²) in [6.07, 6.45) is -0.836. The molecular weight excluding hydrogens is 492 g/mol. The van der Waals surface area contributed by atoms with Gasteiger partial charge in [-0.05, 0) is 71.6 Å². The number of hydrogen-bond donors (Lipinski definition) is 4. The van der Waals surface area contributed by atoms with Gasteiger partial charge in [-0.25, -0.2) is 4.79 Å². The van der Waals surface area contributed by atoms with Crippen molar-refractivity contribution in [1.29, 1.82) is 0 Å². The zero-order valence-electron chi connectivity index (χ0n) is 23.2. The molecule has 38 heavy (non-hydrogen) atoms. The van der Waals surface area contributed by atoms with Gasteiger partial charge in [-0.15, -0.1) is 0 Å². The average molecular weight is 535 g/mol. The fraction of sp³-hybridized carbons (Fsp3) is 0.862. The number of fused-ring (bicyclic) bond motifs is 4. The van der Waals surface area contributed by atoms with Crippen LogP contribution >= 0.6 is 0 Å². The SMILES string of the molecule is CO[C@H]1CC(=O)[C@]2(C)[C@H]3CC[C@]4(C)[C@](O)([C@@](C)(O)[C@H]5CC(C)=C(C)C(=O)O5)CC[C@]4(O)[C@@H]3C[C@H]3O[C@]32[C@H]1O. The predicted molar refractivity (Wildman–Crippen MR) is 134 cm³/mol. The lowest BCUT2D eigenvalue weighted by molar-refractivity contribution is -0.284. The Bertz CT molecular complexity index is 1130. The van der Waals surface area contributed by atoms with Crippen LogP contribution < -0.4 is 0 Å². The lowest BCUT2D eigenvalue weighted by Gasteiger charge is -2.64. The molecule has 9 heteroatoms. The summed E-state index contributed by atoms with van der Waals surface area (Å²) in [6.45, 7) is 8.75. The van der Waals surface area contributed by atoms with Crippen molar-refractivity contribution < 1.29 is 44.2 Å². The molecule has 1 spiro atoms. The molecule has 4 N–H and O–H groups in total. The minimum atomic E-state index is -1.82. The molecule has 6 aliphatic rings. The van der Waals surface area contributed by atoms with Gasteiger partial charge in [0.15, 0.2) is 0 Å². The molecular formula is C29H42O9. The second kappa shape index (κ2) is 7.68. The van der Waals surface area contributed by atoms with Crippen molar-refractivity contribution in [3.8, 4) is 0 Å². The number of cyclic esters (lactones) is 1. The van der Waals surface area contributed by atoms with E-state index in [0.29, 0.717) is 31.3 Å². The average Bonchev–Trinajstić information content (AvgIpc) is 3.56. The molecule has 2 heterocycles. The molecule has 4 aliphatic carbocycles. The second-order valence-electron chi connectivity index (χ2n) is 13.7. The minimum Gasteiger partial charge on any atom is -0.455 e. The molecule has 2 aliphatic heterocycles. The third kappa shape index (κ3) is 2.69. The van der Waals surface area contributed by atoms with E-state index < -0.39 is 63.6 Å². The first-order valence-corrected chi connectivity index (χ1v) is 14.0. The lowest BCUT2D eigenvalue weighted by Crippen LogP contribution is -2.74. The van der Waals surface area contributed by atoms with Gasteiger partial charge in [0.1, 0.15) is 34.8 Å². The summed E-state index contributed by atoms with van der Waals surface area (Å²) in [7, 11) is 1.49. The monoisotopic (exact) mass is 534 g/mol. The van der Waals surface area contributed by atoms with E-state index in [4.69, 9.17) is 14.2 Å². The van der Waals surface area contributed by atoms with Gasteiger partial charge in [0, 0.05) is 30.9 Å². The van der Waals surface area contributed by atoms with E-state index >= 15 is 0 Å². The Labute approximate surface area is 223 Å². The number of rotatable bonds is 3. The number of ether oxygens (including phenoxy) is 3. The normalized spacial score (nSPS) is 55.3. The van der Waals surface area contributed by atoms with Gasteiger partial charge >= 0.3 is 5.97 Å². The molecule has 4 saturated carbocycles. The van der Waals surface area contributed by atoms with Crippen molar-refractivity contribution in [1.82, 2.24) is 0 Å². The lowest BCUT2D eigenvalue weighted by atomic mass is 9.41. The molecule has 0 unspecified atom stereocenters. The maximum Gasteiger partial charge on any atom is 0.334 e. The molecule has 0 radical (unpaired) electrons. The number of aliphatic hydroxyl groups is 4. The number of carbonyl (C=O) groups is 2. The number of ketones is 1. The molecule has 0 bridgehead atoms.